The van der Waals surface area contributed by atoms with Crippen LogP contribution in [0.5, 0.6) is 5.75 Å². The normalized spacial score (nSPS) is 30.4. The highest BCUT2D eigenvalue weighted by Gasteiger charge is 2.43. The largest absolute Gasteiger partial charge is 0.496 e. The molecule has 0 radical (unpaired) electrons. The molecule has 4 rings (SSSR count). The first-order valence-electron chi connectivity index (χ1n) is 10.4. The van der Waals surface area contributed by atoms with E-state index in [2.05, 4.69) is 4.90 Å². The molecule has 6 heteroatoms. The zero-order valence-corrected chi connectivity index (χ0v) is 16.5. The van der Waals surface area contributed by atoms with Crippen LogP contribution in [-0.4, -0.2) is 49.7 Å². The summed E-state index contributed by atoms with van der Waals surface area (Å²) in [6.07, 6.45) is 5.39. The number of cyclic esters (lactones) is 1. The Morgan fingerprint density at radius 1 is 1.18 bits per heavy atom. The molecule has 0 saturated carbocycles. The van der Waals surface area contributed by atoms with E-state index in [1.807, 2.05) is 24.3 Å². The number of hydrogen-bond donors (Lipinski definition) is 0. The molecule has 28 heavy (non-hydrogen) atoms. The van der Waals surface area contributed by atoms with Crippen molar-refractivity contribution < 1.29 is 23.8 Å². The predicted molar refractivity (Wildman–Crippen MR) is 103 cm³/mol. The summed E-state index contributed by atoms with van der Waals surface area (Å²) in [5.41, 5.74) is 0.717. The minimum Gasteiger partial charge on any atom is -0.496 e. The second kappa shape index (κ2) is 8.52. The lowest BCUT2D eigenvalue weighted by atomic mass is 9.84. The average molecular weight is 387 g/mol. The van der Waals surface area contributed by atoms with Crippen LogP contribution in [0.3, 0.4) is 0 Å². The molecule has 0 aromatic heterocycles. The number of hydrogen-bond acceptors (Lipinski definition) is 6. The third-order valence-corrected chi connectivity index (χ3v) is 6.43. The van der Waals surface area contributed by atoms with Gasteiger partial charge in [0.25, 0.3) is 0 Å². The van der Waals surface area contributed by atoms with E-state index in [1.165, 1.54) is 19.3 Å². The minimum atomic E-state index is -0.645. The number of carbonyl (C=O) groups is 2. The van der Waals surface area contributed by atoms with Gasteiger partial charge in [-0.25, -0.2) is 0 Å². The third kappa shape index (κ3) is 3.88. The Bertz CT molecular complexity index is 719. The van der Waals surface area contributed by atoms with Gasteiger partial charge in [0.2, 0.25) is 0 Å². The zero-order valence-electron chi connectivity index (χ0n) is 16.5. The highest BCUT2D eigenvalue weighted by molar-refractivity contribution is 5.84. The van der Waals surface area contributed by atoms with E-state index < -0.39 is 12.0 Å². The molecule has 0 unspecified atom stereocenters. The van der Waals surface area contributed by atoms with Crippen LogP contribution in [0.25, 0.3) is 0 Å². The van der Waals surface area contributed by atoms with Crippen LogP contribution in [-0.2, 0) is 19.1 Å². The van der Waals surface area contributed by atoms with Crippen molar-refractivity contribution in [3.8, 4) is 5.75 Å². The monoisotopic (exact) mass is 387 g/mol. The van der Waals surface area contributed by atoms with Gasteiger partial charge in [-0.15, -0.1) is 0 Å². The summed E-state index contributed by atoms with van der Waals surface area (Å²) in [5.74, 6) is -0.315. The lowest BCUT2D eigenvalue weighted by Gasteiger charge is -2.44. The Hall–Kier alpha value is -2.08. The van der Waals surface area contributed by atoms with Crippen LogP contribution in [0, 0.1) is 11.8 Å². The molecule has 0 bridgehead atoms. The number of piperidine rings is 2. The van der Waals surface area contributed by atoms with Crippen LogP contribution in [0.2, 0.25) is 0 Å². The maximum absolute atomic E-state index is 12.9. The number of esters is 2. The molecule has 6 nitrogen and oxygen atoms in total. The molecule has 3 aliphatic heterocycles. The molecule has 0 amide bonds. The van der Waals surface area contributed by atoms with Gasteiger partial charge in [-0.3, -0.25) is 14.5 Å². The number of ether oxygens (including phenoxy) is 3. The number of carbonyl (C=O) groups excluding carboxylic acids is 2. The molecule has 0 aliphatic carbocycles. The van der Waals surface area contributed by atoms with Crippen molar-refractivity contribution in [3.63, 3.8) is 0 Å². The fraction of sp³-hybridized carbons (Fsp3) is 0.636. The molecular weight excluding hydrogens is 358 g/mol. The zero-order chi connectivity index (χ0) is 19.5. The number of para-hydroxylation sites is 1. The summed E-state index contributed by atoms with van der Waals surface area (Å²) in [4.78, 5) is 27.4. The van der Waals surface area contributed by atoms with Gasteiger partial charge < -0.3 is 14.2 Å². The van der Waals surface area contributed by atoms with E-state index >= 15 is 0 Å². The Morgan fingerprint density at radius 3 is 2.86 bits per heavy atom. The molecule has 0 N–H and O–H groups in total. The Labute approximate surface area is 166 Å². The van der Waals surface area contributed by atoms with Gasteiger partial charge >= 0.3 is 11.9 Å². The second-order valence-electron chi connectivity index (χ2n) is 8.09. The molecule has 0 spiro atoms. The molecule has 3 fully saturated rings. The number of methoxy groups -OCH3 is 1. The molecule has 1 aromatic rings. The van der Waals surface area contributed by atoms with Crippen LogP contribution in [0.15, 0.2) is 24.3 Å². The number of nitrogens with zero attached hydrogens (tertiary/aromatic N) is 1. The van der Waals surface area contributed by atoms with Crippen molar-refractivity contribution in [2.45, 2.75) is 50.7 Å². The van der Waals surface area contributed by atoms with Gasteiger partial charge in [-0.05, 0) is 44.8 Å². The van der Waals surface area contributed by atoms with Crippen LogP contribution in [0.4, 0.5) is 0 Å². The van der Waals surface area contributed by atoms with Gasteiger partial charge in [0.05, 0.1) is 20.1 Å². The standard InChI is InChI=1S/C22H29NO5/c1-26-19-10-3-2-8-16(19)21-17(13-20(24)28-21)22(25)27-14-15-7-6-12-23-11-5-4-9-18(15)23/h2-3,8,10,15,17-18,21H,4-7,9,11-14H2,1H3/t15-,17-,18-,21+/m1/s1. The molecule has 3 aliphatic rings. The summed E-state index contributed by atoms with van der Waals surface area (Å²) < 4.78 is 16.6. The summed E-state index contributed by atoms with van der Waals surface area (Å²) in [6, 6.07) is 7.88. The Balaban J connectivity index is 1.42. The van der Waals surface area contributed by atoms with E-state index in [-0.39, 0.29) is 18.4 Å². The van der Waals surface area contributed by atoms with Crippen molar-refractivity contribution in [1.29, 1.82) is 0 Å². The highest BCUT2D eigenvalue weighted by atomic mass is 16.6. The van der Waals surface area contributed by atoms with Crippen molar-refractivity contribution in [2.24, 2.45) is 11.8 Å². The fourth-order valence-electron chi connectivity index (χ4n) is 5.01. The molecule has 4 atom stereocenters. The number of fused-ring (bicyclic) bond motifs is 1. The predicted octanol–water partition coefficient (Wildman–Crippen LogP) is 3.11. The number of benzene rings is 1. The van der Waals surface area contributed by atoms with E-state index in [9.17, 15) is 9.59 Å². The number of rotatable bonds is 5. The van der Waals surface area contributed by atoms with Gasteiger partial charge in [0.1, 0.15) is 17.8 Å². The fourth-order valence-corrected chi connectivity index (χ4v) is 5.01. The van der Waals surface area contributed by atoms with Gasteiger partial charge in [-0.2, -0.15) is 0 Å². The van der Waals surface area contributed by atoms with Crippen LogP contribution >= 0.6 is 0 Å². The van der Waals surface area contributed by atoms with Crippen LogP contribution in [0.1, 0.15) is 50.2 Å². The van der Waals surface area contributed by atoms with Gasteiger partial charge in [0.15, 0.2) is 0 Å². The Kier molecular flexibility index (Phi) is 5.85. The lowest BCUT2D eigenvalue weighted by Crippen LogP contribution is -2.49. The molecule has 152 valence electrons. The van der Waals surface area contributed by atoms with Crippen molar-refractivity contribution in [3.05, 3.63) is 29.8 Å². The smallest absolute Gasteiger partial charge is 0.313 e. The van der Waals surface area contributed by atoms with E-state index in [4.69, 9.17) is 14.2 Å². The lowest BCUT2D eigenvalue weighted by molar-refractivity contribution is -0.153. The maximum atomic E-state index is 12.9. The van der Waals surface area contributed by atoms with Gasteiger partial charge in [-0.1, -0.05) is 24.6 Å². The summed E-state index contributed by atoms with van der Waals surface area (Å²) in [6.45, 7) is 2.76. The van der Waals surface area contributed by atoms with Crippen molar-refractivity contribution >= 4 is 11.9 Å². The SMILES string of the molecule is COc1ccccc1[C@@H]1OC(=O)C[C@H]1C(=O)OC[C@H]1CCCN2CCCC[C@H]12. The Morgan fingerprint density at radius 2 is 2.00 bits per heavy atom. The van der Waals surface area contributed by atoms with Crippen molar-refractivity contribution in [2.75, 3.05) is 26.8 Å². The first kappa shape index (κ1) is 19.2. The van der Waals surface area contributed by atoms with E-state index in [1.54, 1.807) is 7.11 Å². The average Bonchev–Trinajstić information content (AvgIpc) is 3.13. The third-order valence-electron chi connectivity index (χ3n) is 6.43. The minimum absolute atomic E-state index is 0.0573. The first-order valence-corrected chi connectivity index (χ1v) is 10.4. The summed E-state index contributed by atoms with van der Waals surface area (Å²) >= 11 is 0. The van der Waals surface area contributed by atoms with Crippen molar-refractivity contribution in [1.82, 2.24) is 4.90 Å². The maximum Gasteiger partial charge on any atom is 0.313 e. The van der Waals surface area contributed by atoms with Crippen LogP contribution < -0.4 is 4.74 Å². The molecule has 1 aromatic carbocycles. The van der Waals surface area contributed by atoms with E-state index in [0.717, 1.165) is 25.9 Å². The van der Waals surface area contributed by atoms with E-state index in [0.29, 0.717) is 29.9 Å². The molecular formula is C22H29NO5. The quantitative estimate of drug-likeness (QED) is 0.724. The molecule has 3 saturated heterocycles. The topological polar surface area (TPSA) is 65.1 Å². The summed E-state index contributed by atoms with van der Waals surface area (Å²) in [7, 11) is 1.57. The first-order chi connectivity index (χ1) is 13.7. The second-order valence-corrected chi connectivity index (χ2v) is 8.09. The molecule has 3 heterocycles. The van der Waals surface area contributed by atoms with Gasteiger partial charge in [0, 0.05) is 17.5 Å². The highest BCUT2D eigenvalue weighted by Crippen LogP contribution is 2.40. The summed E-state index contributed by atoms with van der Waals surface area (Å²) in [5, 5.41) is 0.